The Morgan fingerprint density at radius 2 is 1.95 bits per heavy atom. The number of hydrogen-bond acceptors (Lipinski definition) is 5. The van der Waals surface area contributed by atoms with E-state index in [0.717, 1.165) is 24.5 Å². The molecule has 0 saturated carbocycles. The molecule has 0 atom stereocenters. The first kappa shape index (κ1) is 19.1. The van der Waals surface area contributed by atoms with Gasteiger partial charge in [0.1, 0.15) is 0 Å². The molecule has 0 rings (SSSR count). The molecule has 0 radical (unpaired) electrons. The molecule has 0 spiro atoms. The number of amides is 1. The lowest BCUT2D eigenvalue weighted by molar-refractivity contribution is -0.120. The van der Waals surface area contributed by atoms with E-state index in [1.54, 1.807) is 21.6 Å². The first-order valence-corrected chi connectivity index (χ1v) is 9.23. The minimum atomic E-state index is 0.122. The number of rotatable bonds is 11. The Morgan fingerprint density at radius 1 is 1.26 bits per heavy atom. The Balaban J connectivity index is 3.25. The molecule has 0 aromatic heterocycles. The summed E-state index contributed by atoms with van der Waals surface area (Å²) in [7, 11) is 3.43. The van der Waals surface area contributed by atoms with Crippen LogP contribution in [0.3, 0.4) is 0 Å². The maximum absolute atomic E-state index is 11.5. The lowest BCUT2D eigenvalue weighted by Gasteiger charge is -2.17. The van der Waals surface area contributed by atoms with Gasteiger partial charge < -0.3 is 15.8 Å². The zero-order chi connectivity index (χ0) is 14.6. The van der Waals surface area contributed by atoms with Crippen molar-refractivity contribution >= 4 is 27.5 Å². The summed E-state index contributed by atoms with van der Waals surface area (Å²) in [4.78, 5) is 11.5. The Bertz CT molecular complexity index is 233. The number of hydrogen-bond donors (Lipinski definition) is 2. The molecule has 1 amide bonds. The van der Waals surface area contributed by atoms with Gasteiger partial charge in [0, 0.05) is 37.6 Å². The average Bonchev–Trinajstić information content (AvgIpc) is 2.32. The molecule has 6 heteroatoms. The van der Waals surface area contributed by atoms with E-state index in [1.165, 1.54) is 0 Å². The van der Waals surface area contributed by atoms with Crippen molar-refractivity contribution in [1.29, 1.82) is 0 Å². The van der Waals surface area contributed by atoms with Crippen LogP contribution in [-0.4, -0.2) is 43.7 Å². The van der Waals surface area contributed by atoms with Crippen LogP contribution < -0.4 is 11.1 Å². The summed E-state index contributed by atoms with van der Waals surface area (Å²) in [5, 5.41) is 2.90. The van der Waals surface area contributed by atoms with Crippen molar-refractivity contribution in [2.45, 2.75) is 33.6 Å². The van der Waals surface area contributed by atoms with E-state index in [4.69, 9.17) is 10.5 Å². The molecule has 0 aliphatic rings. The molecule has 4 nitrogen and oxygen atoms in total. The summed E-state index contributed by atoms with van der Waals surface area (Å²) >= 11 is 0. The van der Waals surface area contributed by atoms with Crippen molar-refractivity contribution in [2.75, 3.05) is 37.8 Å². The minimum Gasteiger partial charge on any atom is -0.381 e. The normalized spacial score (nSPS) is 11.6. The molecule has 0 unspecified atom stereocenters. The van der Waals surface area contributed by atoms with Crippen molar-refractivity contribution in [3.8, 4) is 0 Å². The summed E-state index contributed by atoms with van der Waals surface area (Å²) in [6.07, 6.45) is 1.45. The fraction of sp³-hybridized carbons (Fsp3) is 0.923. The van der Waals surface area contributed by atoms with Crippen LogP contribution in [0.1, 0.15) is 33.6 Å². The van der Waals surface area contributed by atoms with Crippen LogP contribution in [-0.2, 0) is 9.53 Å². The molecule has 0 fully saturated rings. The smallest absolute Gasteiger partial charge is 0.220 e. The highest BCUT2D eigenvalue weighted by atomic mass is 33.1. The van der Waals surface area contributed by atoms with E-state index in [2.05, 4.69) is 26.1 Å². The summed E-state index contributed by atoms with van der Waals surface area (Å²) in [5.41, 5.74) is 5.59. The van der Waals surface area contributed by atoms with E-state index in [9.17, 15) is 4.79 Å². The lowest BCUT2D eigenvalue weighted by Crippen LogP contribution is -2.26. The Hall–Kier alpha value is 0.0900. The van der Waals surface area contributed by atoms with Gasteiger partial charge in [-0.1, -0.05) is 42.4 Å². The molecule has 0 aliphatic heterocycles. The highest BCUT2D eigenvalue weighted by molar-refractivity contribution is 8.76. The van der Waals surface area contributed by atoms with E-state index in [0.29, 0.717) is 26.1 Å². The highest BCUT2D eigenvalue weighted by Crippen LogP contribution is 2.20. The molecule has 0 aliphatic carbocycles. The second-order valence-electron chi connectivity index (χ2n) is 5.50. The second-order valence-corrected chi connectivity index (χ2v) is 8.20. The van der Waals surface area contributed by atoms with Gasteiger partial charge in [-0.15, -0.1) is 0 Å². The molecule has 0 aromatic carbocycles. The molecular formula is C13H28N2O2S2. The number of nitrogens with two attached hydrogens (primary N) is 1. The highest BCUT2D eigenvalue weighted by Gasteiger charge is 2.09. The number of nitrogens with one attached hydrogen (secondary N) is 1. The van der Waals surface area contributed by atoms with E-state index >= 15 is 0 Å². The lowest BCUT2D eigenvalue weighted by atomic mass is 9.99. The van der Waals surface area contributed by atoms with Crippen LogP contribution in [0, 0.1) is 5.41 Å². The fourth-order valence-electron chi connectivity index (χ4n) is 1.17. The monoisotopic (exact) mass is 308 g/mol. The summed E-state index contributed by atoms with van der Waals surface area (Å²) in [6.45, 7) is 9.30. The molecule has 0 saturated heterocycles. The maximum Gasteiger partial charge on any atom is 0.220 e. The van der Waals surface area contributed by atoms with Crippen molar-refractivity contribution in [3.05, 3.63) is 0 Å². The van der Waals surface area contributed by atoms with E-state index < -0.39 is 0 Å². The standard InChI is InChI=1S/C13H28N2O2S2/c1-13(2,3)11-17-8-4-7-15-12(16)5-9-18-19-10-6-14/h4-11,14H2,1-3H3,(H,15,16). The van der Waals surface area contributed by atoms with Crippen molar-refractivity contribution in [2.24, 2.45) is 11.1 Å². The van der Waals surface area contributed by atoms with Gasteiger partial charge in [-0.2, -0.15) is 0 Å². The Kier molecular flexibility index (Phi) is 11.9. The van der Waals surface area contributed by atoms with Gasteiger partial charge in [0.05, 0.1) is 6.61 Å². The van der Waals surface area contributed by atoms with Crippen molar-refractivity contribution in [1.82, 2.24) is 5.32 Å². The van der Waals surface area contributed by atoms with E-state index in [1.807, 2.05) is 0 Å². The minimum absolute atomic E-state index is 0.122. The molecular weight excluding hydrogens is 280 g/mol. The second kappa shape index (κ2) is 11.9. The van der Waals surface area contributed by atoms with Gasteiger partial charge in [-0.25, -0.2) is 0 Å². The van der Waals surface area contributed by atoms with Crippen LogP contribution in [0.5, 0.6) is 0 Å². The van der Waals surface area contributed by atoms with Gasteiger partial charge in [0.25, 0.3) is 0 Å². The number of carbonyl (C=O) groups excluding carboxylic acids is 1. The van der Waals surface area contributed by atoms with Crippen molar-refractivity contribution in [3.63, 3.8) is 0 Å². The summed E-state index contributed by atoms with van der Waals surface area (Å²) in [5.74, 6) is 1.91. The predicted molar refractivity (Wildman–Crippen MR) is 86.5 cm³/mol. The quantitative estimate of drug-likeness (QED) is 0.453. The first-order valence-electron chi connectivity index (χ1n) is 6.74. The zero-order valence-electron chi connectivity index (χ0n) is 12.4. The molecule has 0 bridgehead atoms. The molecule has 0 aromatic rings. The molecule has 114 valence electrons. The van der Waals surface area contributed by atoms with Crippen LogP contribution in [0.2, 0.25) is 0 Å². The van der Waals surface area contributed by atoms with E-state index in [-0.39, 0.29) is 11.3 Å². The van der Waals surface area contributed by atoms with Gasteiger partial charge >= 0.3 is 0 Å². The summed E-state index contributed by atoms with van der Waals surface area (Å²) in [6, 6.07) is 0. The van der Waals surface area contributed by atoms with Crippen LogP contribution in [0.4, 0.5) is 0 Å². The largest absolute Gasteiger partial charge is 0.381 e. The summed E-state index contributed by atoms with van der Waals surface area (Å²) < 4.78 is 5.53. The van der Waals surface area contributed by atoms with Gasteiger partial charge in [-0.05, 0) is 11.8 Å². The molecule has 19 heavy (non-hydrogen) atoms. The predicted octanol–water partition coefficient (Wildman–Crippen LogP) is 2.29. The molecule has 3 N–H and O–H groups in total. The third-order valence-electron chi connectivity index (χ3n) is 2.02. The maximum atomic E-state index is 11.5. The van der Waals surface area contributed by atoms with Crippen molar-refractivity contribution < 1.29 is 9.53 Å². The van der Waals surface area contributed by atoms with Crippen LogP contribution in [0.25, 0.3) is 0 Å². The third-order valence-corrected chi connectivity index (χ3v) is 4.46. The van der Waals surface area contributed by atoms with Gasteiger partial charge in [0.2, 0.25) is 5.91 Å². The first-order chi connectivity index (χ1) is 8.95. The molecule has 0 heterocycles. The fourth-order valence-corrected chi connectivity index (χ4v) is 3.02. The number of ether oxygens (including phenoxy) is 1. The van der Waals surface area contributed by atoms with Crippen LogP contribution in [0.15, 0.2) is 0 Å². The SMILES string of the molecule is CC(C)(C)COCCCNC(=O)CCSSCCN. The van der Waals surface area contributed by atoms with Crippen LogP contribution >= 0.6 is 21.6 Å². The Labute approximate surface area is 125 Å². The number of carbonyl (C=O) groups is 1. The van der Waals surface area contributed by atoms with Gasteiger partial charge in [-0.3, -0.25) is 4.79 Å². The van der Waals surface area contributed by atoms with Gasteiger partial charge in [0.15, 0.2) is 0 Å². The zero-order valence-corrected chi connectivity index (χ0v) is 14.0. The third kappa shape index (κ3) is 16.0. The average molecular weight is 309 g/mol. The Morgan fingerprint density at radius 3 is 2.58 bits per heavy atom. The topological polar surface area (TPSA) is 64.3 Å².